The first-order valence-electron chi connectivity index (χ1n) is 8.53. The molecule has 0 aromatic heterocycles. The first-order valence-corrected chi connectivity index (χ1v) is 8.53. The summed E-state index contributed by atoms with van der Waals surface area (Å²) in [5.41, 5.74) is 1.60. The maximum absolute atomic E-state index is 12.5. The molecule has 25 heavy (non-hydrogen) atoms. The molecule has 136 valence electrons. The number of carboxylic acids is 1. The Balaban J connectivity index is 1.91. The van der Waals surface area contributed by atoms with Crippen molar-refractivity contribution in [3.63, 3.8) is 0 Å². The van der Waals surface area contributed by atoms with E-state index in [0.717, 1.165) is 11.1 Å². The van der Waals surface area contributed by atoms with Crippen LogP contribution in [0, 0.1) is 12.8 Å². The molecule has 0 spiro atoms. The largest absolute Gasteiger partial charge is 0.481 e. The predicted octanol–water partition coefficient (Wildman–Crippen LogP) is 2.10. The van der Waals surface area contributed by atoms with E-state index >= 15 is 0 Å². The fourth-order valence-electron chi connectivity index (χ4n) is 2.93. The second kappa shape index (κ2) is 7.68. The maximum Gasteiger partial charge on any atom is 0.303 e. The topological polar surface area (TPSA) is 86.7 Å². The van der Waals surface area contributed by atoms with Gasteiger partial charge in [0.1, 0.15) is 0 Å². The molecule has 0 unspecified atom stereocenters. The molecule has 1 atom stereocenters. The van der Waals surface area contributed by atoms with Crippen LogP contribution in [0.3, 0.4) is 0 Å². The molecule has 0 bridgehead atoms. The second-order valence-corrected chi connectivity index (χ2v) is 7.43. The molecule has 2 amide bonds. The van der Waals surface area contributed by atoms with Crippen molar-refractivity contribution in [3.05, 3.63) is 35.4 Å². The zero-order valence-corrected chi connectivity index (χ0v) is 15.0. The van der Waals surface area contributed by atoms with Gasteiger partial charge in [0.25, 0.3) is 0 Å². The van der Waals surface area contributed by atoms with Crippen molar-refractivity contribution in [3.8, 4) is 0 Å². The molecule has 1 fully saturated rings. The SMILES string of the molecule is Cc1ccc(CN2C[C@H](C(=O)NC(C)(C)CCC(=O)O)CC2=O)cc1. The number of carbonyl (C=O) groups excluding carboxylic acids is 2. The highest BCUT2D eigenvalue weighted by Crippen LogP contribution is 2.22. The molecule has 6 heteroatoms. The molecule has 2 N–H and O–H groups in total. The monoisotopic (exact) mass is 346 g/mol. The van der Waals surface area contributed by atoms with Gasteiger partial charge in [-0.05, 0) is 32.8 Å². The number of rotatable bonds is 7. The number of likely N-dealkylation sites (tertiary alicyclic amines) is 1. The van der Waals surface area contributed by atoms with Gasteiger partial charge in [0.2, 0.25) is 11.8 Å². The highest BCUT2D eigenvalue weighted by Gasteiger charge is 2.36. The van der Waals surface area contributed by atoms with Crippen molar-refractivity contribution in [2.45, 2.75) is 52.1 Å². The molecule has 1 saturated heterocycles. The number of hydrogen-bond acceptors (Lipinski definition) is 3. The molecule has 2 rings (SSSR count). The molecule has 0 saturated carbocycles. The summed E-state index contributed by atoms with van der Waals surface area (Å²) >= 11 is 0. The third-order valence-corrected chi connectivity index (χ3v) is 4.50. The summed E-state index contributed by atoms with van der Waals surface area (Å²) in [5.74, 6) is -1.48. The Bertz CT molecular complexity index is 652. The van der Waals surface area contributed by atoms with Crippen molar-refractivity contribution in [1.29, 1.82) is 0 Å². The minimum Gasteiger partial charge on any atom is -0.481 e. The van der Waals surface area contributed by atoms with Gasteiger partial charge in [0.15, 0.2) is 0 Å². The molecular weight excluding hydrogens is 320 g/mol. The van der Waals surface area contributed by atoms with Gasteiger partial charge in [-0.2, -0.15) is 0 Å². The summed E-state index contributed by atoms with van der Waals surface area (Å²) in [4.78, 5) is 37.1. The Hall–Kier alpha value is -2.37. The minimum absolute atomic E-state index is 0.00355. The van der Waals surface area contributed by atoms with Crippen LogP contribution in [0.25, 0.3) is 0 Å². The van der Waals surface area contributed by atoms with E-state index in [1.54, 1.807) is 18.7 Å². The number of carbonyl (C=O) groups is 3. The quantitative estimate of drug-likeness (QED) is 0.791. The van der Waals surface area contributed by atoms with Gasteiger partial charge in [0.05, 0.1) is 5.92 Å². The van der Waals surface area contributed by atoms with Gasteiger partial charge in [-0.25, -0.2) is 0 Å². The fourth-order valence-corrected chi connectivity index (χ4v) is 2.93. The predicted molar refractivity (Wildman–Crippen MR) is 93.8 cm³/mol. The molecule has 6 nitrogen and oxygen atoms in total. The van der Waals surface area contributed by atoms with E-state index in [4.69, 9.17) is 5.11 Å². The van der Waals surface area contributed by atoms with Crippen molar-refractivity contribution in [1.82, 2.24) is 10.2 Å². The minimum atomic E-state index is -0.886. The zero-order chi connectivity index (χ0) is 18.6. The molecule has 1 aliphatic heterocycles. The van der Waals surface area contributed by atoms with Gasteiger partial charge in [-0.15, -0.1) is 0 Å². The van der Waals surface area contributed by atoms with E-state index < -0.39 is 11.5 Å². The standard InChI is InChI=1S/C19H26N2O4/c1-13-4-6-14(7-5-13)11-21-12-15(10-16(21)22)18(25)20-19(2,3)9-8-17(23)24/h4-7,15H,8-12H2,1-3H3,(H,20,25)(H,23,24)/t15-/m1/s1. The Labute approximate surface area is 148 Å². The fraction of sp³-hybridized carbons (Fsp3) is 0.526. The third kappa shape index (κ3) is 5.59. The van der Waals surface area contributed by atoms with Crippen molar-refractivity contribution < 1.29 is 19.5 Å². The molecule has 1 aromatic rings. The lowest BCUT2D eigenvalue weighted by Crippen LogP contribution is -2.46. The van der Waals surface area contributed by atoms with E-state index in [2.05, 4.69) is 5.32 Å². The zero-order valence-electron chi connectivity index (χ0n) is 15.0. The van der Waals surface area contributed by atoms with Gasteiger partial charge < -0.3 is 15.3 Å². The van der Waals surface area contributed by atoms with Crippen LogP contribution in [0.15, 0.2) is 24.3 Å². The lowest BCUT2D eigenvalue weighted by Gasteiger charge is -2.27. The maximum atomic E-state index is 12.5. The number of aliphatic carboxylic acids is 1. The molecule has 0 aliphatic carbocycles. The second-order valence-electron chi connectivity index (χ2n) is 7.43. The summed E-state index contributed by atoms with van der Waals surface area (Å²) in [6.07, 6.45) is 0.547. The van der Waals surface area contributed by atoms with Crippen LogP contribution in [-0.2, 0) is 20.9 Å². The summed E-state index contributed by atoms with van der Waals surface area (Å²) in [5, 5.41) is 11.7. The average molecular weight is 346 g/mol. The summed E-state index contributed by atoms with van der Waals surface area (Å²) in [7, 11) is 0. The highest BCUT2D eigenvalue weighted by molar-refractivity contribution is 5.89. The average Bonchev–Trinajstić information content (AvgIpc) is 2.89. The van der Waals surface area contributed by atoms with Crippen LogP contribution >= 0.6 is 0 Å². The highest BCUT2D eigenvalue weighted by atomic mass is 16.4. The number of hydrogen-bond donors (Lipinski definition) is 2. The third-order valence-electron chi connectivity index (χ3n) is 4.50. The summed E-state index contributed by atoms with van der Waals surface area (Å²) in [6.45, 7) is 6.51. The van der Waals surface area contributed by atoms with E-state index in [0.29, 0.717) is 19.5 Å². The van der Waals surface area contributed by atoms with Gasteiger partial charge in [-0.3, -0.25) is 14.4 Å². The summed E-state index contributed by atoms with van der Waals surface area (Å²) < 4.78 is 0. The number of amides is 2. The Kier molecular flexibility index (Phi) is 5.82. The number of nitrogens with one attached hydrogen (secondary N) is 1. The van der Waals surface area contributed by atoms with E-state index in [1.165, 1.54) is 0 Å². The lowest BCUT2D eigenvalue weighted by molar-refractivity contribution is -0.138. The first-order chi connectivity index (χ1) is 11.7. The van der Waals surface area contributed by atoms with E-state index in [9.17, 15) is 14.4 Å². The van der Waals surface area contributed by atoms with Gasteiger partial charge in [0, 0.05) is 31.5 Å². The number of carboxylic acid groups (broad SMARTS) is 1. The molecule has 0 radical (unpaired) electrons. The van der Waals surface area contributed by atoms with E-state index in [1.807, 2.05) is 31.2 Å². The van der Waals surface area contributed by atoms with Crippen LogP contribution in [-0.4, -0.2) is 39.9 Å². The van der Waals surface area contributed by atoms with Crippen LogP contribution in [0.5, 0.6) is 0 Å². The van der Waals surface area contributed by atoms with Crippen molar-refractivity contribution >= 4 is 17.8 Å². The van der Waals surface area contributed by atoms with Crippen molar-refractivity contribution in [2.24, 2.45) is 5.92 Å². The van der Waals surface area contributed by atoms with Crippen LogP contribution < -0.4 is 5.32 Å². The first kappa shape index (κ1) is 19.0. The summed E-state index contributed by atoms with van der Waals surface area (Å²) in [6, 6.07) is 7.99. The molecular formula is C19H26N2O4. The Morgan fingerprint density at radius 2 is 1.92 bits per heavy atom. The van der Waals surface area contributed by atoms with Crippen LogP contribution in [0.4, 0.5) is 0 Å². The Morgan fingerprint density at radius 3 is 2.52 bits per heavy atom. The van der Waals surface area contributed by atoms with Crippen molar-refractivity contribution in [2.75, 3.05) is 6.54 Å². The van der Waals surface area contributed by atoms with Gasteiger partial charge >= 0.3 is 5.97 Å². The smallest absolute Gasteiger partial charge is 0.303 e. The number of nitrogens with zero attached hydrogens (tertiary/aromatic N) is 1. The van der Waals surface area contributed by atoms with Crippen LogP contribution in [0.1, 0.15) is 44.2 Å². The van der Waals surface area contributed by atoms with Gasteiger partial charge in [-0.1, -0.05) is 29.8 Å². The number of aryl methyl sites for hydroxylation is 1. The van der Waals surface area contributed by atoms with Crippen LogP contribution in [0.2, 0.25) is 0 Å². The molecule has 1 aromatic carbocycles. The number of benzene rings is 1. The lowest BCUT2D eigenvalue weighted by atomic mass is 9.96. The molecule has 1 aliphatic rings. The van der Waals surface area contributed by atoms with E-state index in [-0.39, 0.29) is 30.6 Å². The Morgan fingerprint density at radius 1 is 1.28 bits per heavy atom. The molecule has 1 heterocycles. The normalized spacial score (nSPS) is 17.6.